The second-order valence-electron chi connectivity index (χ2n) is 5.64. The first-order chi connectivity index (χ1) is 10.0. The first-order valence-corrected chi connectivity index (χ1v) is 8.36. The maximum absolute atomic E-state index is 13.1. The van der Waals surface area contributed by atoms with Crippen LogP contribution < -0.4 is 5.32 Å². The van der Waals surface area contributed by atoms with E-state index in [1.807, 2.05) is 12.1 Å². The van der Waals surface area contributed by atoms with Crippen LogP contribution in [0.5, 0.6) is 0 Å². The van der Waals surface area contributed by atoms with Crippen LogP contribution in [0.4, 0.5) is 4.39 Å². The molecule has 0 aliphatic carbocycles. The molecule has 0 aromatic heterocycles. The topological polar surface area (TPSA) is 12.0 Å². The molecule has 0 amide bonds. The molecular weight excluding hydrogens is 376 g/mol. The van der Waals surface area contributed by atoms with Gasteiger partial charge in [-0.25, -0.2) is 4.39 Å². The van der Waals surface area contributed by atoms with Gasteiger partial charge >= 0.3 is 0 Å². The highest BCUT2D eigenvalue weighted by molar-refractivity contribution is 14.1. The van der Waals surface area contributed by atoms with Crippen molar-refractivity contribution in [2.45, 2.75) is 32.2 Å². The number of hydrogen-bond donors (Lipinski definition) is 1. The van der Waals surface area contributed by atoms with Crippen LogP contribution in [0.2, 0.25) is 0 Å². The Morgan fingerprint density at radius 2 is 1.62 bits per heavy atom. The third-order valence-corrected chi connectivity index (χ3v) is 4.23. The van der Waals surface area contributed by atoms with Gasteiger partial charge in [-0.3, -0.25) is 0 Å². The minimum Gasteiger partial charge on any atom is -0.314 e. The molecule has 2 aromatic rings. The van der Waals surface area contributed by atoms with E-state index in [-0.39, 0.29) is 5.82 Å². The molecule has 0 aliphatic rings. The summed E-state index contributed by atoms with van der Waals surface area (Å²) in [5.74, 6) is 0.177. The summed E-state index contributed by atoms with van der Waals surface area (Å²) in [6, 6.07) is 16.0. The van der Waals surface area contributed by atoms with Crippen molar-refractivity contribution < 1.29 is 4.39 Å². The van der Waals surface area contributed by atoms with Crippen LogP contribution in [0.25, 0.3) is 0 Å². The molecule has 0 radical (unpaired) electrons. The second-order valence-corrected chi connectivity index (χ2v) is 6.89. The molecule has 3 heteroatoms. The molecule has 0 bridgehead atoms. The molecule has 0 heterocycles. The van der Waals surface area contributed by atoms with Crippen molar-refractivity contribution in [3.05, 3.63) is 69.0 Å². The molecule has 1 unspecified atom stereocenters. The van der Waals surface area contributed by atoms with Crippen LogP contribution in [-0.2, 0) is 6.42 Å². The highest BCUT2D eigenvalue weighted by Gasteiger charge is 2.13. The van der Waals surface area contributed by atoms with Crippen LogP contribution in [0, 0.1) is 9.39 Å². The summed E-state index contributed by atoms with van der Waals surface area (Å²) in [4.78, 5) is 0. The van der Waals surface area contributed by atoms with E-state index in [0.717, 1.165) is 13.0 Å². The Hall–Kier alpha value is -0.940. The Labute approximate surface area is 140 Å². The molecular formula is C18H21FIN. The van der Waals surface area contributed by atoms with Crippen LogP contribution in [0.15, 0.2) is 48.5 Å². The molecule has 2 aromatic carbocycles. The van der Waals surface area contributed by atoms with E-state index in [1.54, 1.807) is 12.1 Å². The Kier molecular flexibility index (Phi) is 6.18. The van der Waals surface area contributed by atoms with E-state index in [2.05, 4.69) is 66.0 Å². The lowest BCUT2D eigenvalue weighted by Gasteiger charge is -2.20. The van der Waals surface area contributed by atoms with Crippen LogP contribution in [0.3, 0.4) is 0 Å². The zero-order chi connectivity index (χ0) is 15.2. The Morgan fingerprint density at radius 1 is 1.00 bits per heavy atom. The molecule has 21 heavy (non-hydrogen) atoms. The molecule has 0 aliphatic heterocycles. The van der Waals surface area contributed by atoms with E-state index >= 15 is 0 Å². The summed E-state index contributed by atoms with van der Waals surface area (Å²) in [6.45, 7) is 5.19. The summed E-state index contributed by atoms with van der Waals surface area (Å²) in [5.41, 5.74) is 2.50. The standard InChI is InChI=1S/C18H21FIN/c1-13(2)21-12-16(15-5-7-17(19)8-6-15)11-14-3-9-18(20)10-4-14/h3-10,13,16,21H,11-12H2,1-2H3. The minimum absolute atomic E-state index is 0.177. The van der Waals surface area contributed by atoms with Gasteiger partial charge in [-0.2, -0.15) is 0 Å². The predicted octanol–water partition coefficient (Wildman–Crippen LogP) is 4.75. The summed E-state index contributed by atoms with van der Waals surface area (Å²) in [5, 5.41) is 3.50. The van der Waals surface area contributed by atoms with Crippen LogP contribution >= 0.6 is 22.6 Å². The molecule has 2 rings (SSSR count). The van der Waals surface area contributed by atoms with Gasteiger partial charge in [-0.05, 0) is 64.4 Å². The lowest BCUT2D eigenvalue weighted by molar-refractivity contribution is 0.526. The van der Waals surface area contributed by atoms with Crippen molar-refractivity contribution >= 4 is 22.6 Å². The highest BCUT2D eigenvalue weighted by Crippen LogP contribution is 2.21. The number of hydrogen-bond acceptors (Lipinski definition) is 1. The van der Waals surface area contributed by atoms with Gasteiger partial charge in [0.15, 0.2) is 0 Å². The third kappa shape index (κ3) is 5.40. The summed E-state index contributed by atoms with van der Waals surface area (Å²) in [6.07, 6.45) is 0.961. The van der Waals surface area contributed by atoms with Gasteiger partial charge in [-0.1, -0.05) is 38.1 Å². The lowest BCUT2D eigenvalue weighted by atomic mass is 9.91. The highest BCUT2D eigenvalue weighted by atomic mass is 127. The molecule has 1 N–H and O–H groups in total. The molecule has 0 saturated carbocycles. The van der Waals surface area contributed by atoms with Crippen LogP contribution in [-0.4, -0.2) is 12.6 Å². The fourth-order valence-electron chi connectivity index (χ4n) is 2.33. The van der Waals surface area contributed by atoms with Crippen molar-refractivity contribution in [1.29, 1.82) is 0 Å². The third-order valence-electron chi connectivity index (χ3n) is 3.51. The maximum Gasteiger partial charge on any atom is 0.123 e. The van der Waals surface area contributed by atoms with Gasteiger partial charge in [0.05, 0.1) is 0 Å². The molecule has 0 spiro atoms. The SMILES string of the molecule is CC(C)NCC(Cc1ccc(I)cc1)c1ccc(F)cc1. The fourth-order valence-corrected chi connectivity index (χ4v) is 2.69. The number of halogens is 2. The van der Waals surface area contributed by atoms with Gasteiger partial charge in [0.25, 0.3) is 0 Å². The van der Waals surface area contributed by atoms with Crippen molar-refractivity contribution in [3.8, 4) is 0 Å². The largest absolute Gasteiger partial charge is 0.314 e. The second kappa shape index (κ2) is 7.90. The molecule has 112 valence electrons. The zero-order valence-electron chi connectivity index (χ0n) is 12.4. The van der Waals surface area contributed by atoms with Gasteiger partial charge in [-0.15, -0.1) is 0 Å². The van der Waals surface area contributed by atoms with E-state index in [1.165, 1.54) is 14.7 Å². The Balaban J connectivity index is 2.14. The van der Waals surface area contributed by atoms with Gasteiger partial charge in [0.2, 0.25) is 0 Å². The predicted molar refractivity (Wildman–Crippen MR) is 95.1 cm³/mol. The van der Waals surface area contributed by atoms with E-state index < -0.39 is 0 Å². The molecule has 0 saturated heterocycles. The van der Waals surface area contributed by atoms with Crippen molar-refractivity contribution in [3.63, 3.8) is 0 Å². The number of rotatable bonds is 6. The normalized spacial score (nSPS) is 12.6. The van der Waals surface area contributed by atoms with Crippen molar-refractivity contribution in [2.75, 3.05) is 6.54 Å². The van der Waals surface area contributed by atoms with Crippen molar-refractivity contribution in [2.24, 2.45) is 0 Å². The van der Waals surface area contributed by atoms with Gasteiger partial charge in [0, 0.05) is 22.1 Å². The maximum atomic E-state index is 13.1. The van der Waals surface area contributed by atoms with Gasteiger partial charge < -0.3 is 5.32 Å². The molecule has 1 nitrogen and oxygen atoms in total. The first kappa shape index (κ1) is 16.4. The smallest absolute Gasteiger partial charge is 0.123 e. The average molecular weight is 397 g/mol. The molecule has 1 atom stereocenters. The molecule has 0 fully saturated rings. The zero-order valence-corrected chi connectivity index (χ0v) is 14.6. The summed E-state index contributed by atoms with van der Waals surface area (Å²) >= 11 is 2.32. The van der Waals surface area contributed by atoms with Crippen LogP contribution in [0.1, 0.15) is 30.9 Å². The van der Waals surface area contributed by atoms with Gasteiger partial charge in [0.1, 0.15) is 5.82 Å². The van der Waals surface area contributed by atoms with Crippen molar-refractivity contribution in [1.82, 2.24) is 5.32 Å². The number of nitrogens with one attached hydrogen (secondary N) is 1. The van der Waals surface area contributed by atoms with E-state index in [0.29, 0.717) is 12.0 Å². The first-order valence-electron chi connectivity index (χ1n) is 7.28. The fraction of sp³-hybridized carbons (Fsp3) is 0.333. The lowest BCUT2D eigenvalue weighted by Crippen LogP contribution is -2.29. The Morgan fingerprint density at radius 3 is 2.19 bits per heavy atom. The number of benzene rings is 2. The Bertz CT molecular complexity index is 548. The summed E-state index contributed by atoms with van der Waals surface area (Å²) in [7, 11) is 0. The quantitative estimate of drug-likeness (QED) is 0.694. The van der Waals surface area contributed by atoms with E-state index in [4.69, 9.17) is 0 Å². The minimum atomic E-state index is -0.177. The average Bonchev–Trinajstić information content (AvgIpc) is 2.46. The summed E-state index contributed by atoms with van der Waals surface area (Å²) < 4.78 is 14.4. The monoisotopic (exact) mass is 397 g/mol. The van der Waals surface area contributed by atoms with E-state index in [9.17, 15) is 4.39 Å².